The number of carbonyl (C=O) groups excluding carboxylic acids is 2. The summed E-state index contributed by atoms with van der Waals surface area (Å²) in [5, 5.41) is 2.87. The van der Waals surface area contributed by atoms with Crippen LogP contribution in [0.1, 0.15) is 26.3 Å². The molecule has 4 aromatic rings. The van der Waals surface area contributed by atoms with Gasteiger partial charge in [-0.25, -0.2) is 4.79 Å². The van der Waals surface area contributed by atoms with Crippen molar-refractivity contribution in [2.24, 2.45) is 0 Å². The van der Waals surface area contributed by atoms with Crippen molar-refractivity contribution in [3.8, 4) is 16.9 Å². The topological polar surface area (TPSA) is 64.6 Å². The van der Waals surface area contributed by atoms with Crippen molar-refractivity contribution in [2.45, 2.75) is 6.61 Å². The summed E-state index contributed by atoms with van der Waals surface area (Å²) in [4.78, 5) is 25.5. The number of nitrogens with one attached hydrogen (secondary N) is 1. The molecule has 0 saturated heterocycles. The van der Waals surface area contributed by atoms with Crippen LogP contribution in [-0.2, 0) is 11.3 Å². The van der Waals surface area contributed by atoms with Crippen molar-refractivity contribution >= 4 is 17.6 Å². The lowest BCUT2D eigenvalue weighted by atomic mass is 10.0. The molecule has 33 heavy (non-hydrogen) atoms. The average Bonchev–Trinajstić information content (AvgIpc) is 2.88. The van der Waals surface area contributed by atoms with Crippen LogP contribution in [0.25, 0.3) is 11.1 Å². The van der Waals surface area contributed by atoms with Gasteiger partial charge < -0.3 is 14.8 Å². The van der Waals surface area contributed by atoms with Crippen molar-refractivity contribution in [3.05, 3.63) is 120 Å². The number of ether oxygens (including phenoxy) is 2. The monoisotopic (exact) mass is 437 g/mol. The highest BCUT2D eigenvalue weighted by molar-refractivity contribution is 6.09. The van der Waals surface area contributed by atoms with Gasteiger partial charge in [-0.05, 0) is 41.0 Å². The van der Waals surface area contributed by atoms with Crippen LogP contribution in [0.15, 0.2) is 103 Å². The van der Waals surface area contributed by atoms with Crippen LogP contribution in [-0.4, -0.2) is 19.0 Å². The van der Waals surface area contributed by atoms with Gasteiger partial charge >= 0.3 is 5.97 Å². The van der Waals surface area contributed by atoms with Gasteiger partial charge in [-0.1, -0.05) is 78.9 Å². The van der Waals surface area contributed by atoms with E-state index in [1.807, 2.05) is 72.8 Å². The molecule has 0 fully saturated rings. The van der Waals surface area contributed by atoms with E-state index in [2.05, 4.69) is 5.32 Å². The van der Waals surface area contributed by atoms with Gasteiger partial charge in [0.25, 0.3) is 5.91 Å². The number of para-hydroxylation sites is 1. The minimum Gasteiger partial charge on any atom is -0.488 e. The Hall–Kier alpha value is -4.38. The number of anilines is 1. The van der Waals surface area contributed by atoms with Crippen LogP contribution in [0.4, 0.5) is 5.69 Å². The van der Waals surface area contributed by atoms with Gasteiger partial charge in [-0.15, -0.1) is 0 Å². The Bertz CT molecular complexity index is 1250. The van der Waals surface area contributed by atoms with Crippen molar-refractivity contribution in [1.82, 2.24) is 0 Å². The van der Waals surface area contributed by atoms with E-state index in [1.165, 1.54) is 7.11 Å². The first-order valence-corrected chi connectivity index (χ1v) is 10.5. The molecule has 0 saturated carbocycles. The number of esters is 1. The summed E-state index contributed by atoms with van der Waals surface area (Å²) < 4.78 is 10.8. The number of amides is 1. The summed E-state index contributed by atoms with van der Waals surface area (Å²) >= 11 is 0. The largest absolute Gasteiger partial charge is 0.488 e. The Kier molecular flexibility index (Phi) is 6.81. The van der Waals surface area contributed by atoms with Crippen LogP contribution in [0.5, 0.6) is 5.75 Å². The predicted molar refractivity (Wildman–Crippen MR) is 128 cm³/mol. The molecule has 0 spiro atoms. The first-order valence-electron chi connectivity index (χ1n) is 10.5. The molecule has 1 N–H and O–H groups in total. The summed E-state index contributed by atoms with van der Waals surface area (Å²) in [6, 6.07) is 31.7. The fourth-order valence-corrected chi connectivity index (χ4v) is 3.45. The number of hydrogen-bond acceptors (Lipinski definition) is 4. The smallest absolute Gasteiger partial charge is 0.339 e. The molecule has 0 atom stereocenters. The minimum absolute atomic E-state index is 0.271. The molecule has 5 heteroatoms. The molecule has 0 radical (unpaired) electrons. The van der Waals surface area contributed by atoms with E-state index in [1.54, 1.807) is 30.3 Å². The highest BCUT2D eigenvalue weighted by atomic mass is 16.5. The molecule has 4 aromatic carbocycles. The molecule has 0 aliphatic rings. The van der Waals surface area contributed by atoms with Crippen LogP contribution in [0, 0.1) is 0 Å². The second-order valence-corrected chi connectivity index (χ2v) is 7.34. The molecular formula is C28H23NO4. The molecule has 0 aliphatic heterocycles. The average molecular weight is 437 g/mol. The van der Waals surface area contributed by atoms with E-state index in [0.29, 0.717) is 23.6 Å². The van der Waals surface area contributed by atoms with E-state index >= 15 is 0 Å². The van der Waals surface area contributed by atoms with Crippen LogP contribution >= 0.6 is 0 Å². The lowest BCUT2D eigenvalue weighted by Gasteiger charge is -2.14. The molecular weight excluding hydrogens is 414 g/mol. The Morgan fingerprint density at radius 1 is 0.727 bits per heavy atom. The van der Waals surface area contributed by atoms with Gasteiger partial charge in [0.1, 0.15) is 12.4 Å². The molecule has 0 aromatic heterocycles. The van der Waals surface area contributed by atoms with E-state index in [-0.39, 0.29) is 11.5 Å². The Balaban J connectivity index is 1.62. The fourth-order valence-electron chi connectivity index (χ4n) is 3.45. The Morgan fingerprint density at radius 3 is 2.12 bits per heavy atom. The minimum atomic E-state index is -0.529. The molecule has 4 rings (SSSR count). The van der Waals surface area contributed by atoms with E-state index in [4.69, 9.17) is 9.47 Å². The summed E-state index contributed by atoms with van der Waals surface area (Å²) in [7, 11) is 1.31. The third-order valence-electron chi connectivity index (χ3n) is 5.15. The Labute approximate surface area is 192 Å². The third kappa shape index (κ3) is 5.28. The molecule has 0 aliphatic carbocycles. The highest BCUT2D eigenvalue weighted by Gasteiger charge is 2.18. The quantitative estimate of drug-likeness (QED) is 0.362. The molecule has 0 unspecified atom stereocenters. The standard InChI is InChI=1S/C28H23NO4/c1-32-28(31)23-17-16-22(21-12-6-3-7-13-21)18-25(23)29-27(30)24-14-8-9-15-26(24)33-19-20-10-4-2-5-11-20/h2-18H,19H2,1H3,(H,29,30). The van der Waals surface area contributed by atoms with Crippen LogP contribution in [0.2, 0.25) is 0 Å². The maximum Gasteiger partial charge on any atom is 0.339 e. The van der Waals surface area contributed by atoms with Crippen molar-refractivity contribution < 1.29 is 19.1 Å². The van der Waals surface area contributed by atoms with Crippen LogP contribution < -0.4 is 10.1 Å². The molecule has 164 valence electrons. The summed E-state index contributed by atoms with van der Waals surface area (Å²) in [6.07, 6.45) is 0. The normalized spacial score (nSPS) is 10.3. The van der Waals surface area contributed by atoms with Gasteiger partial charge in [-0.2, -0.15) is 0 Å². The van der Waals surface area contributed by atoms with Gasteiger partial charge in [0.2, 0.25) is 0 Å². The summed E-state index contributed by atoms with van der Waals surface area (Å²) in [5.74, 6) is -0.453. The fraction of sp³-hybridized carbons (Fsp3) is 0.0714. The predicted octanol–water partition coefficient (Wildman–Crippen LogP) is 5.97. The highest BCUT2D eigenvalue weighted by Crippen LogP contribution is 2.28. The van der Waals surface area contributed by atoms with Gasteiger partial charge in [0.15, 0.2) is 0 Å². The molecule has 0 bridgehead atoms. The van der Waals surface area contributed by atoms with E-state index < -0.39 is 5.97 Å². The zero-order valence-electron chi connectivity index (χ0n) is 18.2. The first-order chi connectivity index (χ1) is 16.2. The molecule has 1 amide bonds. The van der Waals surface area contributed by atoms with Crippen molar-refractivity contribution in [3.63, 3.8) is 0 Å². The lowest BCUT2D eigenvalue weighted by molar-refractivity contribution is 0.0602. The van der Waals surface area contributed by atoms with Gasteiger partial charge in [-0.3, -0.25) is 4.79 Å². The number of rotatable bonds is 7. The maximum atomic E-state index is 13.2. The SMILES string of the molecule is COC(=O)c1ccc(-c2ccccc2)cc1NC(=O)c1ccccc1OCc1ccccc1. The second-order valence-electron chi connectivity index (χ2n) is 7.34. The number of benzene rings is 4. The number of hydrogen-bond donors (Lipinski definition) is 1. The lowest BCUT2D eigenvalue weighted by Crippen LogP contribution is -2.16. The van der Waals surface area contributed by atoms with E-state index in [9.17, 15) is 9.59 Å². The number of carbonyl (C=O) groups is 2. The van der Waals surface area contributed by atoms with Crippen LogP contribution in [0.3, 0.4) is 0 Å². The van der Waals surface area contributed by atoms with E-state index in [0.717, 1.165) is 16.7 Å². The summed E-state index contributed by atoms with van der Waals surface area (Å²) in [5.41, 5.74) is 3.84. The summed E-state index contributed by atoms with van der Waals surface area (Å²) in [6.45, 7) is 0.335. The molecule has 0 heterocycles. The van der Waals surface area contributed by atoms with Crippen molar-refractivity contribution in [2.75, 3.05) is 12.4 Å². The second kappa shape index (κ2) is 10.3. The van der Waals surface area contributed by atoms with Gasteiger partial charge in [0.05, 0.1) is 23.9 Å². The zero-order chi connectivity index (χ0) is 23.0. The maximum absolute atomic E-state index is 13.2. The number of methoxy groups -OCH3 is 1. The third-order valence-corrected chi connectivity index (χ3v) is 5.15. The van der Waals surface area contributed by atoms with Crippen molar-refractivity contribution in [1.29, 1.82) is 0 Å². The zero-order valence-corrected chi connectivity index (χ0v) is 18.2. The Morgan fingerprint density at radius 2 is 1.39 bits per heavy atom. The molecule has 5 nitrogen and oxygen atoms in total. The van der Waals surface area contributed by atoms with Gasteiger partial charge in [0, 0.05) is 0 Å². The first kappa shape index (κ1) is 21.8.